The summed E-state index contributed by atoms with van der Waals surface area (Å²) in [5.41, 5.74) is 0. The van der Waals surface area contributed by atoms with Crippen LogP contribution in [0, 0.1) is 5.92 Å². The van der Waals surface area contributed by atoms with Crippen LogP contribution in [0.1, 0.15) is 46.5 Å². The van der Waals surface area contributed by atoms with E-state index in [0.717, 1.165) is 25.6 Å². The van der Waals surface area contributed by atoms with Gasteiger partial charge in [-0.1, -0.05) is 26.7 Å². The van der Waals surface area contributed by atoms with Crippen LogP contribution in [-0.4, -0.2) is 26.3 Å². The molecule has 0 radical (unpaired) electrons. The lowest BCUT2D eigenvalue weighted by atomic mass is 9.96. The maximum absolute atomic E-state index is 5.37. The fourth-order valence-electron chi connectivity index (χ4n) is 1.85. The second kappa shape index (κ2) is 9.47. The molecule has 0 bridgehead atoms. The molecule has 86 valence electrons. The summed E-state index contributed by atoms with van der Waals surface area (Å²) in [5, 5.41) is 3.37. The van der Waals surface area contributed by atoms with Gasteiger partial charge in [0.25, 0.3) is 0 Å². The third-order valence-corrected chi connectivity index (χ3v) is 2.69. The highest BCUT2D eigenvalue weighted by Gasteiger charge is 2.10. The van der Waals surface area contributed by atoms with Crippen molar-refractivity contribution < 1.29 is 4.74 Å². The molecule has 0 heterocycles. The van der Waals surface area contributed by atoms with Crippen LogP contribution in [0.4, 0.5) is 0 Å². The van der Waals surface area contributed by atoms with E-state index in [0.29, 0.717) is 6.04 Å². The van der Waals surface area contributed by atoms with Crippen molar-refractivity contribution in [3.05, 3.63) is 0 Å². The smallest absolute Gasteiger partial charge is 0.0480 e. The fourth-order valence-corrected chi connectivity index (χ4v) is 1.85. The topological polar surface area (TPSA) is 21.3 Å². The minimum atomic E-state index is 0.628. The fraction of sp³-hybridized carbons (Fsp3) is 1.00. The molecule has 0 aliphatic rings. The Morgan fingerprint density at radius 3 is 2.43 bits per heavy atom. The molecule has 1 N–H and O–H groups in total. The zero-order valence-electron chi connectivity index (χ0n) is 10.3. The number of hydrogen-bond acceptors (Lipinski definition) is 2. The highest BCUT2D eigenvalue weighted by atomic mass is 16.5. The summed E-state index contributed by atoms with van der Waals surface area (Å²) < 4.78 is 5.37. The molecular weight excluding hydrogens is 174 g/mol. The van der Waals surface area contributed by atoms with Crippen LogP contribution >= 0.6 is 0 Å². The van der Waals surface area contributed by atoms with Gasteiger partial charge in [-0.25, -0.2) is 0 Å². The van der Waals surface area contributed by atoms with Crippen molar-refractivity contribution in [1.29, 1.82) is 0 Å². The molecule has 0 aliphatic heterocycles. The van der Waals surface area contributed by atoms with Crippen LogP contribution in [0.5, 0.6) is 0 Å². The van der Waals surface area contributed by atoms with Gasteiger partial charge in [-0.15, -0.1) is 0 Å². The molecule has 0 spiro atoms. The summed E-state index contributed by atoms with van der Waals surface area (Å²) >= 11 is 0. The lowest BCUT2D eigenvalue weighted by molar-refractivity contribution is 0.134. The first-order valence-electron chi connectivity index (χ1n) is 5.99. The predicted octanol–water partition coefficient (Wildman–Crippen LogP) is 2.83. The van der Waals surface area contributed by atoms with Gasteiger partial charge in [-0.3, -0.25) is 0 Å². The van der Waals surface area contributed by atoms with Gasteiger partial charge in [0, 0.05) is 19.3 Å². The standard InChI is InChI=1S/C12H27NO/c1-5-7-11(3)10-12(13-4)8-9-14-6-2/h11-13H,5-10H2,1-4H3. The molecule has 0 amide bonds. The molecule has 0 rings (SSSR count). The van der Waals surface area contributed by atoms with Gasteiger partial charge in [-0.05, 0) is 32.7 Å². The van der Waals surface area contributed by atoms with Crippen LogP contribution in [-0.2, 0) is 4.74 Å². The molecule has 0 fully saturated rings. The summed E-state index contributed by atoms with van der Waals surface area (Å²) in [6, 6.07) is 0.628. The number of rotatable bonds is 9. The third-order valence-electron chi connectivity index (χ3n) is 2.69. The van der Waals surface area contributed by atoms with Crippen molar-refractivity contribution in [2.45, 2.75) is 52.5 Å². The van der Waals surface area contributed by atoms with Crippen molar-refractivity contribution in [2.75, 3.05) is 20.3 Å². The van der Waals surface area contributed by atoms with Crippen molar-refractivity contribution in [1.82, 2.24) is 5.32 Å². The predicted molar refractivity (Wildman–Crippen MR) is 62.6 cm³/mol. The first-order chi connectivity index (χ1) is 6.74. The van der Waals surface area contributed by atoms with Gasteiger partial charge in [0.2, 0.25) is 0 Å². The lowest BCUT2D eigenvalue weighted by Gasteiger charge is -2.20. The van der Waals surface area contributed by atoms with Crippen molar-refractivity contribution >= 4 is 0 Å². The summed E-state index contributed by atoms with van der Waals surface area (Å²) in [6.45, 7) is 8.37. The Bertz CT molecular complexity index is 117. The third kappa shape index (κ3) is 7.34. The van der Waals surface area contributed by atoms with E-state index >= 15 is 0 Å². The van der Waals surface area contributed by atoms with E-state index in [-0.39, 0.29) is 0 Å². The van der Waals surface area contributed by atoms with Crippen LogP contribution in [0.25, 0.3) is 0 Å². The molecule has 2 heteroatoms. The highest BCUT2D eigenvalue weighted by Crippen LogP contribution is 2.14. The second-order valence-corrected chi connectivity index (χ2v) is 4.10. The van der Waals surface area contributed by atoms with Gasteiger partial charge >= 0.3 is 0 Å². The van der Waals surface area contributed by atoms with Crippen molar-refractivity contribution in [3.8, 4) is 0 Å². The van der Waals surface area contributed by atoms with E-state index in [1.165, 1.54) is 19.3 Å². The minimum Gasteiger partial charge on any atom is -0.382 e. The largest absolute Gasteiger partial charge is 0.382 e. The Labute approximate surface area is 89.4 Å². The minimum absolute atomic E-state index is 0.628. The number of nitrogens with one attached hydrogen (secondary N) is 1. The van der Waals surface area contributed by atoms with Crippen molar-refractivity contribution in [3.63, 3.8) is 0 Å². The van der Waals surface area contributed by atoms with Gasteiger partial charge < -0.3 is 10.1 Å². The summed E-state index contributed by atoms with van der Waals surface area (Å²) in [6.07, 6.45) is 5.05. The normalized spacial score (nSPS) is 15.4. The second-order valence-electron chi connectivity index (χ2n) is 4.10. The first kappa shape index (κ1) is 13.9. The van der Waals surface area contributed by atoms with E-state index in [9.17, 15) is 0 Å². The van der Waals surface area contributed by atoms with Gasteiger partial charge in [0.15, 0.2) is 0 Å². The molecule has 2 atom stereocenters. The summed E-state index contributed by atoms with van der Waals surface area (Å²) in [4.78, 5) is 0. The van der Waals surface area contributed by atoms with Crippen LogP contribution in [0.15, 0.2) is 0 Å². The Hall–Kier alpha value is -0.0800. The molecule has 0 saturated carbocycles. The zero-order chi connectivity index (χ0) is 10.8. The quantitative estimate of drug-likeness (QED) is 0.579. The average molecular weight is 201 g/mol. The van der Waals surface area contributed by atoms with Crippen LogP contribution in [0.3, 0.4) is 0 Å². The maximum Gasteiger partial charge on any atom is 0.0480 e. The van der Waals surface area contributed by atoms with Crippen molar-refractivity contribution in [2.24, 2.45) is 5.92 Å². The monoisotopic (exact) mass is 201 g/mol. The molecule has 14 heavy (non-hydrogen) atoms. The van der Waals surface area contributed by atoms with Gasteiger partial charge in [0.05, 0.1) is 0 Å². The van der Waals surface area contributed by atoms with E-state index in [1.54, 1.807) is 0 Å². The molecule has 0 aromatic carbocycles. The number of ether oxygens (including phenoxy) is 1. The SMILES string of the molecule is CCCC(C)CC(CCOCC)NC. The number of hydrogen-bond donors (Lipinski definition) is 1. The summed E-state index contributed by atoms with van der Waals surface area (Å²) in [7, 11) is 2.05. The summed E-state index contributed by atoms with van der Waals surface area (Å²) in [5.74, 6) is 0.832. The molecule has 2 unspecified atom stereocenters. The molecule has 0 aromatic rings. The molecule has 0 aliphatic carbocycles. The molecule has 2 nitrogen and oxygen atoms in total. The molecule has 0 aromatic heterocycles. The van der Waals surface area contributed by atoms with Crippen LogP contribution in [0.2, 0.25) is 0 Å². The van der Waals surface area contributed by atoms with E-state index in [4.69, 9.17) is 4.74 Å². The van der Waals surface area contributed by atoms with E-state index in [1.807, 2.05) is 6.92 Å². The lowest BCUT2D eigenvalue weighted by Crippen LogP contribution is -2.28. The average Bonchev–Trinajstić information content (AvgIpc) is 2.17. The maximum atomic E-state index is 5.37. The van der Waals surface area contributed by atoms with E-state index < -0.39 is 0 Å². The Morgan fingerprint density at radius 1 is 1.21 bits per heavy atom. The zero-order valence-corrected chi connectivity index (χ0v) is 10.3. The van der Waals surface area contributed by atoms with Gasteiger partial charge in [-0.2, -0.15) is 0 Å². The van der Waals surface area contributed by atoms with Gasteiger partial charge in [0.1, 0.15) is 0 Å². The highest BCUT2D eigenvalue weighted by molar-refractivity contribution is 4.67. The Balaban J connectivity index is 3.55. The van der Waals surface area contributed by atoms with Crippen LogP contribution < -0.4 is 5.32 Å². The molecule has 0 saturated heterocycles. The first-order valence-corrected chi connectivity index (χ1v) is 5.99. The Kier molecular flexibility index (Phi) is 9.42. The van der Waals surface area contributed by atoms with E-state index in [2.05, 4.69) is 26.2 Å². The Morgan fingerprint density at radius 2 is 1.93 bits per heavy atom. The molecular formula is C12H27NO.